The van der Waals surface area contributed by atoms with Crippen LogP contribution in [0.4, 0.5) is 5.95 Å². The molecule has 0 aliphatic carbocycles. The first-order chi connectivity index (χ1) is 6.26. The molecule has 0 saturated heterocycles. The molecular formula is C9H15N3O. The zero-order valence-electron chi connectivity index (χ0n) is 8.29. The number of rotatable bonds is 4. The van der Waals surface area contributed by atoms with Gasteiger partial charge in [0.25, 0.3) is 0 Å². The van der Waals surface area contributed by atoms with Gasteiger partial charge in [0.05, 0.1) is 6.61 Å². The summed E-state index contributed by atoms with van der Waals surface area (Å²) in [6, 6.07) is 1.82. The zero-order chi connectivity index (χ0) is 9.68. The molecule has 0 amide bonds. The number of aromatic nitrogens is 2. The lowest BCUT2D eigenvalue weighted by Crippen LogP contribution is -2.05. The Morgan fingerprint density at radius 3 is 2.77 bits per heavy atom. The lowest BCUT2D eigenvalue weighted by atomic mass is 10.4. The monoisotopic (exact) mass is 181 g/mol. The Morgan fingerprint density at radius 2 is 2.15 bits per heavy atom. The van der Waals surface area contributed by atoms with Gasteiger partial charge in [-0.05, 0) is 20.8 Å². The highest BCUT2D eigenvalue weighted by atomic mass is 16.5. The van der Waals surface area contributed by atoms with Crippen LogP contribution in [0.1, 0.15) is 19.5 Å². The van der Waals surface area contributed by atoms with Gasteiger partial charge in [-0.1, -0.05) is 0 Å². The minimum atomic E-state index is 0.627. The van der Waals surface area contributed by atoms with Crippen LogP contribution < -0.4 is 10.1 Å². The molecule has 1 N–H and O–H groups in total. The van der Waals surface area contributed by atoms with Crippen molar-refractivity contribution in [1.29, 1.82) is 0 Å². The third-order valence-corrected chi connectivity index (χ3v) is 1.46. The van der Waals surface area contributed by atoms with E-state index in [1.165, 1.54) is 0 Å². The van der Waals surface area contributed by atoms with Gasteiger partial charge in [-0.3, -0.25) is 0 Å². The summed E-state index contributed by atoms with van der Waals surface area (Å²) in [7, 11) is 0. The van der Waals surface area contributed by atoms with Crippen LogP contribution in [0.15, 0.2) is 6.07 Å². The van der Waals surface area contributed by atoms with Crippen LogP contribution in [0.5, 0.6) is 5.88 Å². The second kappa shape index (κ2) is 4.64. The molecule has 72 valence electrons. The van der Waals surface area contributed by atoms with Crippen LogP contribution in [-0.4, -0.2) is 23.1 Å². The van der Waals surface area contributed by atoms with Crippen molar-refractivity contribution < 1.29 is 4.74 Å². The average molecular weight is 181 g/mol. The molecule has 4 nitrogen and oxygen atoms in total. The van der Waals surface area contributed by atoms with Crippen molar-refractivity contribution in [2.45, 2.75) is 20.8 Å². The summed E-state index contributed by atoms with van der Waals surface area (Å²) in [5, 5.41) is 3.04. The van der Waals surface area contributed by atoms with Gasteiger partial charge in [-0.25, -0.2) is 4.98 Å². The van der Waals surface area contributed by atoms with Crippen molar-refractivity contribution in [3.05, 3.63) is 11.8 Å². The third kappa shape index (κ3) is 2.89. The maximum Gasteiger partial charge on any atom is 0.226 e. The highest BCUT2D eigenvalue weighted by molar-refractivity contribution is 5.30. The molecule has 0 aliphatic rings. The summed E-state index contributed by atoms with van der Waals surface area (Å²) in [6.07, 6.45) is 0. The van der Waals surface area contributed by atoms with Gasteiger partial charge in [-0.2, -0.15) is 4.98 Å². The van der Waals surface area contributed by atoms with Crippen molar-refractivity contribution >= 4 is 5.95 Å². The molecule has 0 aromatic carbocycles. The van der Waals surface area contributed by atoms with Crippen LogP contribution >= 0.6 is 0 Å². The minimum Gasteiger partial charge on any atom is -0.478 e. The molecule has 0 bridgehead atoms. The largest absolute Gasteiger partial charge is 0.478 e. The van der Waals surface area contributed by atoms with E-state index < -0.39 is 0 Å². The quantitative estimate of drug-likeness (QED) is 0.766. The predicted molar refractivity (Wildman–Crippen MR) is 52.1 cm³/mol. The van der Waals surface area contributed by atoms with Gasteiger partial charge in [0.2, 0.25) is 11.8 Å². The topological polar surface area (TPSA) is 47.0 Å². The van der Waals surface area contributed by atoms with Crippen molar-refractivity contribution in [2.75, 3.05) is 18.5 Å². The maximum atomic E-state index is 5.28. The molecule has 4 heteroatoms. The van der Waals surface area contributed by atoms with E-state index in [9.17, 15) is 0 Å². The van der Waals surface area contributed by atoms with E-state index >= 15 is 0 Å². The first-order valence-corrected chi connectivity index (χ1v) is 4.48. The van der Waals surface area contributed by atoms with Crippen molar-refractivity contribution in [3.63, 3.8) is 0 Å². The Hall–Kier alpha value is -1.32. The number of nitrogens with zero attached hydrogens (tertiary/aromatic N) is 2. The standard InChI is InChI=1S/C9H15N3O/c1-4-10-9-11-7(3)6-8(12-9)13-5-2/h6H,4-5H2,1-3H3,(H,10,11,12). The van der Waals surface area contributed by atoms with Gasteiger partial charge in [0.15, 0.2) is 0 Å². The Balaban J connectivity index is 2.83. The normalized spacial score (nSPS) is 9.77. The first kappa shape index (κ1) is 9.77. The fraction of sp³-hybridized carbons (Fsp3) is 0.556. The smallest absolute Gasteiger partial charge is 0.226 e. The van der Waals surface area contributed by atoms with Gasteiger partial charge >= 0.3 is 0 Å². The number of ether oxygens (including phenoxy) is 1. The van der Waals surface area contributed by atoms with E-state index in [2.05, 4.69) is 15.3 Å². The van der Waals surface area contributed by atoms with E-state index in [-0.39, 0.29) is 0 Å². The van der Waals surface area contributed by atoms with Gasteiger partial charge in [-0.15, -0.1) is 0 Å². The van der Waals surface area contributed by atoms with Gasteiger partial charge in [0.1, 0.15) is 0 Å². The molecule has 0 aliphatic heterocycles. The highest BCUT2D eigenvalue weighted by Gasteiger charge is 2.00. The summed E-state index contributed by atoms with van der Waals surface area (Å²) in [4.78, 5) is 8.37. The van der Waals surface area contributed by atoms with Crippen LogP contribution in [0, 0.1) is 6.92 Å². The molecule has 0 unspecified atom stereocenters. The average Bonchev–Trinajstić information content (AvgIpc) is 2.04. The van der Waals surface area contributed by atoms with E-state index in [4.69, 9.17) is 4.74 Å². The Kier molecular flexibility index (Phi) is 3.49. The first-order valence-electron chi connectivity index (χ1n) is 4.48. The van der Waals surface area contributed by atoms with E-state index in [1.54, 1.807) is 0 Å². The molecule has 1 aromatic rings. The summed E-state index contributed by atoms with van der Waals surface area (Å²) in [5.74, 6) is 1.26. The highest BCUT2D eigenvalue weighted by Crippen LogP contribution is 2.11. The Bertz CT molecular complexity index is 251. The van der Waals surface area contributed by atoms with Crippen molar-refractivity contribution in [1.82, 2.24) is 9.97 Å². The van der Waals surface area contributed by atoms with Gasteiger partial charge < -0.3 is 10.1 Å². The number of anilines is 1. The molecule has 13 heavy (non-hydrogen) atoms. The number of nitrogens with one attached hydrogen (secondary N) is 1. The zero-order valence-corrected chi connectivity index (χ0v) is 8.29. The molecule has 0 spiro atoms. The number of hydrogen-bond donors (Lipinski definition) is 1. The molecule has 0 saturated carbocycles. The Labute approximate surface area is 78.4 Å². The predicted octanol–water partition coefficient (Wildman–Crippen LogP) is 1.62. The Morgan fingerprint density at radius 1 is 1.38 bits per heavy atom. The fourth-order valence-corrected chi connectivity index (χ4v) is 0.999. The molecule has 1 aromatic heterocycles. The second-order valence-electron chi connectivity index (χ2n) is 2.63. The summed E-state index contributed by atoms with van der Waals surface area (Å²) in [5.41, 5.74) is 0.911. The number of hydrogen-bond acceptors (Lipinski definition) is 4. The molecular weight excluding hydrogens is 166 g/mol. The minimum absolute atomic E-state index is 0.627. The fourth-order valence-electron chi connectivity index (χ4n) is 0.999. The van der Waals surface area contributed by atoms with Crippen molar-refractivity contribution in [3.8, 4) is 5.88 Å². The van der Waals surface area contributed by atoms with E-state index in [1.807, 2.05) is 26.8 Å². The van der Waals surface area contributed by atoms with Crippen LogP contribution in [-0.2, 0) is 0 Å². The van der Waals surface area contributed by atoms with E-state index in [0.717, 1.165) is 12.2 Å². The van der Waals surface area contributed by atoms with E-state index in [0.29, 0.717) is 18.4 Å². The summed E-state index contributed by atoms with van der Waals surface area (Å²) in [6.45, 7) is 7.30. The SMILES string of the molecule is CCNc1nc(C)cc(OCC)n1. The van der Waals surface area contributed by atoms with Crippen molar-refractivity contribution in [2.24, 2.45) is 0 Å². The lowest BCUT2D eigenvalue weighted by Gasteiger charge is -2.06. The van der Waals surface area contributed by atoms with Crippen LogP contribution in [0.25, 0.3) is 0 Å². The van der Waals surface area contributed by atoms with Crippen LogP contribution in [0.3, 0.4) is 0 Å². The third-order valence-electron chi connectivity index (χ3n) is 1.46. The molecule has 0 fully saturated rings. The summed E-state index contributed by atoms with van der Waals surface area (Å²) >= 11 is 0. The molecule has 0 atom stereocenters. The number of aryl methyl sites for hydroxylation is 1. The van der Waals surface area contributed by atoms with Crippen LogP contribution in [0.2, 0.25) is 0 Å². The maximum absolute atomic E-state index is 5.28. The molecule has 0 radical (unpaired) electrons. The van der Waals surface area contributed by atoms with Gasteiger partial charge in [0, 0.05) is 18.3 Å². The lowest BCUT2D eigenvalue weighted by molar-refractivity contribution is 0.326. The summed E-state index contributed by atoms with van der Waals surface area (Å²) < 4.78 is 5.28. The second-order valence-corrected chi connectivity index (χ2v) is 2.63. The molecule has 1 rings (SSSR count). The molecule has 1 heterocycles.